The van der Waals surface area contributed by atoms with E-state index >= 15 is 0 Å². The van der Waals surface area contributed by atoms with Crippen LogP contribution in [0.5, 0.6) is 0 Å². The number of nitrogens with zero attached hydrogens (tertiary/aromatic N) is 2. The van der Waals surface area contributed by atoms with Crippen LogP contribution in [0.1, 0.15) is 26.7 Å². The van der Waals surface area contributed by atoms with Crippen molar-refractivity contribution in [2.75, 3.05) is 6.54 Å². The number of carbonyl (C=O) groups excluding carboxylic acids is 1. The van der Waals surface area contributed by atoms with E-state index in [0.717, 1.165) is 5.71 Å². The summed E-state index contributed by atoms with van der Waals surface area (Å²) in [4.78, 5) is 16.5. The van der Waals surface area contributed by atoms with Crippen LogP contribution in [0.25, 0.3) is 0 Å². The molecule has 0 aliphatic carbocycles. The maximum Gasteiger partial charge on any atom is 0.344 e. The van der Waals surface area contributed by atoms with E-state index in [2.05, 4.69) is 4.99 Å². The van der Waals surface area contributed by atoms with Gasteiger partial charge in [-0.1, -0.05) is 6.92 Å². The average Bonchev–Trinajstić information content (AvgIpc) is 2.21. The molecule has 1 heterocycles. The van der Waals surface area contributed by atoms with Gasteiger partial charge >= 0.3 is 6.03 Å². The second kappa shape index (κ2) is 5.46. The molecule has 1 rings (SSSR count). The molecule has 0 aromatic heterocycles. The van der Waals surface area contributed by atoms with Crippen LogP contribution in [-0.4, -0.2) is 39.3 Å². The van der Waals surface area contributed by atoms with E-state index in [1.807, 2.05) is 0 Å². The van der Waals surface area contributed by atoms with Gasteiger partial charge in [0, 0.05) is 30.7 Å². The fourth-order valence-electron chi connectivity index (χ4n) is 1.42. The molecule has 2 amide bonds. The zero-order valence-electron chi connectivity index (χ0n) is 8.81. The first-order chi connectivity index (χ1) is 7.10. The first kappa shape index (κ1) is 12.4. The topological polar surface area (TPSA) is 52.9 Å². The molecule has 86 valence electrons. The molecule has 4 nitrogen and oxygen atoms in total. The fourth-order valence-corrected chi connectivity index (χ4v) is 2.05. The van der Waals surface area contributed by atoms with Gasteiger partial charge in [-0.05, 0) is 13.3 Å². The van der Waals surface area contributed by atoms with E-state index in [1.54, 1.807) is 13.8 Å². The van der Waals surface area contributed by atoms with Gasteiger partial charge in [0.15, 0.2) is 0 Å². The Bertz CT molecular complexity index is 273. The van der Waals surface area contributed by atoms with Crippen LogP contribution in [0.3, 0.4) is 0 Å². The predicted molar refractivity (Wildman–Crippen MR) is 59.0 cm³/mol. The van der Waals surface area contributed by atoms with E-state index in [4.69, 9.17) is 4.55 Å². The quantitative estimate of drug-likeness (QED) is 0.760. The fraction of sp³-hybridized carbons (Fsp3) is 0.778. The second-order valence-corrected chi connectivity index (χ2v) is 4.19. The lowest BCUT2D eigenvalue weighted by molar-refractivity contribution is 0.164. The van der Waals surface area contributed by atoms with Gasteiger partial charge in [0.1, 0.15) is 11.5 Å². The monoisotopic (exact) mass is 234 g/mol. The Morgan fingerprint density at radius 1 is 1.73 bits per heavy atom. The molecule has 1 N–H and O–H groups in total. The first-order valence-corrected chi connectivity index (χ1v) is 5.72. The van der Waals surface area contributed by atoms with Crippen LogP contribution in [-0.2, 0) is 0 Å². The Hall–Kier alpha value is -0.620. The number of amides is 2. The molecular formula is C9H15FN2O2S. The third kappa shape index (κ3) is 2.92. The van der Waals surface area contributed by atoms with E-state index in [-0.39, 0.29) is 6.42 Å². The van der Waals surface area contributed by atoms with Gasteiger partial charge in [-0.25, -0.2) is 14.2 Å². The second-order valence-electron chi connectivity index (χ2n) is 3.49. The summed E-state index contributed by atoms with van der Waals surface area (Å²) in [7, 11) is 0. The van der Waals surface area contributed by atoms with Gasteiger partial charge in [-0.2, -0.15) is 0 Å². The Labute approximate surface area is 92.8 Å². The van der Waals surface area contributed by atoms with E-state index < -0.39 is 17.6 Å². The van der Waals surface area contributed by atoms with Crippen LogP contribution in [0.4, 0.5) is 9.18 Å². The lowest BCUT2D eigenvalue weighted by Gasteiger charge is -2.32. The molecule has 0 bridgehead atoms. The minimum Gasteiger partial charge on any atom is -0.328 e. The molecule has 1 aliphatic rings. The molecule has 0 aromatic carbocycles. The van der Waals surface area contributed by atoms with Crippen molar-refractivity contribution in [3.8, 4) is 0 Å². The number of aliphatic imine (C=N–C) groups is 1. The van der Waals surface area contributed by atoms with Crippen molar-refractivity contribution in [2.24, 2.45) is 4.99 Å². The Morgan fingerprint density at radius 3 is 2.87 bits per heavy atom. The summed E-state index contributed by atoms with van der Waals surface area (Å²) in [6.45, 7) is 3.87. The van der Waals surface area contributed by atoms with E-state index in [9.17, 15) is 9.18 Å². The van der Waals surface area contributed by atoms with Crippen molar-refractivity contribution < 1.29 is 13.7 Å². The van der Waals surface area contributed by atoms with Gasteiger partial charge < -0.3 is 9.45 Å². The lowest BCUT2D eigenvalue weighted by Crippen LogP contribution is -2.45. The molecule has 2 atom stereocenters. The third-order valence-electron chi connectivity index (χ3n) is 2.36. The molecule has 15 heavy (non-hydrogen) atoms. The maximum atomic E-state index is 13.4. The summed E-state index contributed by atoms with van der Waals surface area (Å²) in [6, 6.07) is -0.457. The summed E-state index contributed by atoms with van der Waals surface area (Å²) in [5, 5.41) is -0.834. The molecule has 0 fully saturated rings. The van der Waals surface area contributed by atoms with Crippen molar-refractivity contribution in [3.63, 3.8) is 0 Å². The smallest absolute Gasteiger partial charge is 0.328 e. The van der Waals surface area contributed by atoms with Crippen molar-refractivity contribution in [2.45, 2.75) is 38.2 Å². The third-order valence-corrected chi connectivity index (χ3v) is 3.13. The maximum absolute atomic E-state index is 13.4. The number of urea groups is 1. The molecular weight excluding hydrogens is 219 g/mol. The van der Waals surface area contributed by atoms with Gasteiger partial charge in [-0.15, -0.1) is 0 Å². The zero-order chi connectivity index (χ0) is 11.4. The lowest BCUT2D eigenvalue weighted by atomic mass is 10.2. The Morgan fingerprint density at radius 2 is 2.40 bits per heavy atom. The van der Waals surface area contributed by atoms with Gasteiger partial charge in [0.2, 0.25) is 0 Å². The summed E-state index contributed by atoms with van der Waals surface area (Å²) < 4.78 is 22.4. The highest BCUT2D eigenvalue weighted by molar-refractivity contribution is 7.94. The molecule has 0 saturated carbocycles. The first-order valence-electron chi connectivity index (χ1n) is 4.89. The van der Waals surface area contributed by atoms with Gasteiger partial charge in [0.05, 0.1) is 0 Å². The van der Waals surface area contributed by atoms with Crippen LogP contribution in [0.15, 0.2) is 4.99 Å². The summed E-state index contributed by atoms with van der Waals surface area (Å²) in [5.74, 6) is 0. The van der Waals surface area contributed by atoms with Crippen LogP contribution in [0.2, 0.25) is 0 Å². The highest BCUT2D eigenvalue weighted by atomic mass is 32.2. The molecule has 1 aliphatic heterocycles. The molecule has 0 radical (unpaired) electrons. The SMILES string of the molecule is CCC(F)C(SO)N1CCC(C)=NC1=O. The highest BCUT2D eigenvalue weighted by Gasteiger charge is 2.32. The molecule has 0 saturated heterocycles. The molecule has 0 spiro atoms. The number of carbonyl (C=O) groups is 1. The largest absolute Gasteiger partial charge is 0.344 e. The Kier molecular flexibility index (Phi) is 4.53. The van der Waals surface area contributed by atoms with Crippen molar-refractivity contribution in [1.82, 2.24) is 4.90 Å². The Balaban J connectivity index is 2.74. The van der Waals surface area contributed by atoms with E-state index in [1.165, 1.54) is 4.90 Å². The van der Waals surface area contributed by atoms with Crippen molar-refractivity contribution in [1.29, 1.82) is 0 Å². The minimum absolute atomic E-state index is 0.269. The predicted octanol–water partition coefficient (Wildman–Crippen LogP) is 2.55. The number of halogens is 1. The van der Waals surface area contributed by atoms with Gasteiger partial charge in [-0.3, -0.25) is 0 Å². The number of hydrogen-bond donors (Lipinski definition) is 1. The molecule has 6 heteroatoms. The minimum atomic E-state index is -1.22. The zero-order valence-corrected chi connectivity index (χ0v) is 9.63. The molecule has 0 aromatic rings. The molecule has 2 unspecified atom stereocenters. The number of hydrogen-bond acceptors (Lipinski definition) is 3. The summed E-state index contributed by atoms with van der Waals surface area (Å²) >= 11 is 0.375. The normalized spacial score (nSPS) is 21.2. The number of rotatable bonds is 4. The summed E-state index contributed by atoms with van der Waals surface area (Å²) in [5.41, 5.74) is 0.754. The van der Waals surface area contributed by atoms with Gasteiger partial charge in [0.25, 0.3) is 0 Å². The van der Waals surface area contributed by atoms with Crippen LogP contribution < -0.4 is 0 Å². The van der Waals surface area contributed by atoms with Crippen molar-refractivity contribution >= 4 is 23.8 Å². The highest BCUT2D eigenvalue weighted by Crippen LogP contribution is 2.23. The standard InChI is InChI=1S/C9H15FN2O2S/c1-3-7(10)8(15-14)12-5-4-6(2)11-9(12)13/h7-8,14H,3-5H2,1-2H3. The van der Waals surface area contributed by atoms with E-state index in [0.29, 0.717) is 25.0 Å². The average molecular weight is 234 g/mol. The number of alkyl halides is 1. The van der Waals surface area contributed by atoms with Crippen molar-refractivity contribution in [3.05, 3.63) is 0 Å². The summed E-state index contributed by atoms with van der Waals surface area (Å²) in [6.07, 6.45) is -0.318. The van der Waals surface area contributed by atoms with Crippen LogP contribution >= 0.6 is 12.0 Å². The van der Waals surface area contributed by atoms with Crippen LogP contribution in [0, 0.1) is 0 Å².